The van der Waals surface area contributed by atoms with Crippen LogP contribution in [0.25, 0.3) is 0 Å². The van der Waals surface area contributed by atoms with Gasteiger partial charge >= 0.3 is 0 Å². The zero-order valence-corrected chi connectivity index (χ0v) is 21.8. The molecule has 5 aliphatic rings. The number of hydrogen-bond acceptors (Lipinski definition) is 1. The summed E-state index contributed by atoms with van der Waals surface area (Å²) in [5, 5.41) is 10.9. The molecule has 32 heavy (non-hydrogen) atoms. The third kappa shape index (κ3) is 2.58. The molecule has 5 saturated carbocycles. The lowest BCUT2D eigenvalue weighted by Crippen LogP contribution is -2.66. The minimum atomic E-state index is -0.141. The van der Waals surface area contributed by atoms with E-state index in [1.807, 2.05) is 0 Å². The largest absolute Gasteiger partial charge is 0.393 e. The lowest BCUT2D eigenvalue weighted by Gasteiger charge is -2.72. The van der Waals surface area contributed by atoms with Gasteiger partial charge in [-0.15, -0.1) is 6.42 Å². The Bertz CT molecular complexity index is 847. The number of rotatable bonds is 1. The van der Waals surface area contributed by atoms with Crippen molar-refractivity contribution in [3.05, 3.63) is 12.2 Å². The summed E-state index contributed by atoms with van der Waals surface area (Å²) in [4.78, 5) is 0. The van der Waals surface area contributed by atoms with Gasteiger partial charge < -0.3 is 5.11 Å². The maximum Gasteiger partial charge on any atom is 0.0594 e. The zero-order chi connectivity index (χ0) is 23.3. The van der Waals surface area contributed by atoms with Gasteiger partial charge in [0.25, 0.3) is 0 Å². The van der Waals surface area contributed by atoms with Crippen LogP contribution in [0.4, 0.5) is 0 Å². The molecule has 5 rings (SSSR count). The van der Waals surface area contributed by atoms with E-state index in [9.17, 15) is 5.11 Å². The van der Waals surface area contributed by atoms with Crippen molar-refractivity contribution in [1.29, 1.82) is 0 Å². The van der Waals surface area contributed by atoms with Gasteiger partial charge in [-0.2, -0.15) is 0 Å². The predicted molar refractivity (Wildman–Crippen MR) is 134 cm³/mol. The van der Waals surface area contributed by atoms with Crippen molar-refractivity contribution in [2.75, 3.05) is 0 Å². The number of aliphatic hydroxyl groups is 1. The summed E-state index contributed by atoms with van der Waals surface area (Å²) < 4.78 is 0. The van der Waals surface area contributed by atoms with Crippen molar-refractivity contribution in [2.24, 2.45) is 56.7 Å². The fourth-order valence-corrected chi connectivity index (χ4v) is 11.4. The lowest BCUT2D eigenvalue weighted by atomic mass is 9.32. The van der Waals surface area contributed by atoms with Gasteiger partial charge in [-0.25, -0.2) is 0 Å². The minimum Gasteiger partial charge on any atom is -0.393 e. The second kappa shape index (κ2) is 6.90. The van der Waals surface area contributed by atoms with Crippen LogP contribution in [0.1, 0.15) is 106 Å². The maximum absolute atomic E-state index is 10.9. The Morgan fingerprint density at radius 3 is 2.22 bits per heavy atom. The Balaban J connectivity index is 1.56. The van der Waals surface area contributed by atoms with Gasteiger partial charge in [0, 0.05) is 5.41 Å². The molecule has 1 nitrogen and oxygen atoms in total. The quantitative estimate of drug-likeness (QED) is 0.331. The molecule has 0 amide bonds. The smallest absolute Gasteiger partial charge is 0.0594 e. The molecule has 0 aromatic heterocycles. The highest BCUT2D eigenvalue weighted by Gasteiger charge is 2.70. The van der Waals surface area contributed by atoms with E-state index < -0.39 is 0 Å². The summed E-state index contributed by atoms with van der Waals surface area (Å²) >= 11 is 0. The summed E-state index contributed by atoms with van der Waals surface area (Å²) in [6.45, 7) is 19.4. The van der Waals surface area contributed by atoms with Crippen LogP contribution < -0.4 is 0 Å². The van der Waals surface area contributed by atoms with E-state index in [0.29, 0.717) is 34.0 Å². The van der Waals surface area contributed by atoms with Crippen LogP contribution in [0.5, 0.6) is 0 Å². The molecule has 5 aliphatic carbocycles. The normalized spacial score (nSPS) is 56.2. The van der Waals surface area contributed by atoms with Gasteiger partial charge in [-0.1, -0.05) is 52.7 Å². The van der Waals surface area contributed by atoms with E-state index in [4.69, 9.17) is 6.42 Å². The van der Waals surface area contributed by atoms with Crippen LogP contribution in [0.3, 0.4) is 0 Å². The van der Waals surface area contributed by atoms with Crippen LogP contribution in [-0.2, 0) is 0 Å². The highest BCUT2D eigenvalue weighted by atomic mass is 16.3. The molecule has 6 unspecified atom stereocenters. The molecule has 0 aromatic rings. The van der Waals surface area contributed by atoms with Gasteiger partial charge in [0.05, 0.1) is 6.10 Å². The van der Waals surface area contributed by atoms with Gasteiger partial charge in [0.1, 0.15) is 0 Å². The molecular formula is C31H48O. The fourth-order valence-electron chi connectivity index (χ4n) is 11.4. The standard InChI is InChI=1S/C31H48O/c1-9-31-17-12-21(20(2)3)26(31)22-10-11-24-28(6)15-14-25(32)27(4,5)23(28)13-16-30(24,8)29(22,7)18-19-31/h1,21-26,32H,2,10-19H2,3-8H3/t21?,22?,23?,24?,25-,26?,28-,29+,30+,31?/m0/s1. The Hall–Kier alpha value is -0.740. The summed E-state index contributed by atoms with van der Waals surface area (Å²) in [6, 6.07) is 0. The zero-order valence-electron chi connectivity index (χ0n) is 21.8. The second-order valence-corrected chi connectivity index (χ2v) is 14.4. The van der Waals surface area contributed by atoms with Crippen LogP contribution in [0.15, 0.2) is 12.2 Å². The molecule has 0 radical (unpaired) electrons. The van der Waals surface area contributed by atoms with E-state index in [2.05, 4.69) is 54.0 Å². The lowest BCUT2D eigenvalue weighted by molar-refractivity contribution is -0.244. The topological polar surface area (TPSA) is 20.2 Å². The molecule has 0 aliphatic heterocycles. The molecule has 5 fully saturated rings. The molecule has 178 valence electrons. The Morgan fingerprint density at radius 1 is 0.844 bits per heavy atom. The number of fused-ring (bicyclic) bond motifs is 7. The first-order chi connectivity index (χ1) is 14.9. The average molecular weight is 437 g/mol. The number of allylic oxidation sites excluding steroid dienone is 1. The molecule has 0 heterocycles. The monoisotopic (exact) mass is 436 g/mol. The van der Waals surface area contributed by atoms with Crippen molar-refractivity contribution >= 4 is 0 Å². The molecule has 0 spiro atoms. The second-order valence-electron chi connectivity index (χ2n) is 14.4. The van der Waals surface area contributed by atoms with Gasteiger partial charge in [0.2, 0.25) is 0 Å². The fraction of sp³-hybridized carbons (Fsp3) is 0.871. The highest BCUT2D eigenvalue weighted by molar-refractivity contribution is 5.26. The van der Waals surface area contributed by atoms with Crippen LogP contribution >= 0.6 is 0 Å². The minimum absolute atomic E-state index is 0.0355. The van der Waals surface area contributed by atoms with Crippen molar-refractivity contribution in [3.8, 4) is 12.3 Å². The number of terminal acetylenes is 1. The van der Waals surface area contributed by atoms with E-state index in [1.54, 1.807) is 0 Å². The summed E-state index contributed by atoms with van der Waals surface area (Å²) in [6.07, 6.45) is 18.7. The summed E-state index contributed by atoms with van der Waals surface area (Å²) in [5.41, 5.74) is 2.63. The number of hydrogen-bond donors (Lipinski definition) is 1. The number of aliphatic hydroxyl groups excluding tert-OH is 1. The first-order valence-electron chi connectivity index (χ1n) is 13.7. The molecule has 0 bridgehead atoms. The SMILES string of the molecule is C#CC12CCC(C(=C)C)C1C1CCC3[C@@]4(C)CC[C@H](O)C(C)(C)C4CC[C@@]3(C)[C@]1(C)CC2. The third-order valence-electron chi connectivity index (χ3n) is 13.3. The van der Waals surface area contributed by atoms with Crippen molar-refractivity contribution in [3.63, 3.8) is 0 Å². The van der Waals surface area contributed by atoms with Crippen LogP contribution in [-0.4, -0.2) is 11.2 Å². The van der Waals surface area contributed by atoms with Crippen molar-refractivity contribution in [2.45, 2.75) is 112 Å². The first kappa shape index (κ1) is 23.0. The van der Waals surface area contributed by atoms with E-state index in [1.165, 1.54) is 63.4 Å². The molecule has 0 saturated heterocycles. The van der Waals surface area contributed by atoms with Gasteiger partial charge in [-0.05, 0) is 122 Å². The molecule has 1 heteroatoms. The third-order valence-corrected chi connectivity index (χ3v) is 13.3. The highest BCUT2D eigenvalue weighted by Crippen LogP contribution is 2.77. The van der Waals surface area contributed by atoms with Crippen LogP contribution in [0.2, 0.25) is 0 Å². The Kier molecular flexibility index (Phi) is 4.97. The summed E-state index contributed by atoms with van der Waals surface area (Å²) in [5.74, 6) is 6.79. The molecular weight excluding hydrogens is 388 g/mol. The van der Waals surface area contributed by atoms with Crippen molar-refractivity contribution < 1.29 is 5.11 Å². The average Bonchev–Trinajstić information content (AvgIpc) is 3.12. The van der Waals surface area contributed by atoms with E-state index >= 15 is 0 Å². The Labute approximate surface area is 198 Å². The molecule has 0 aromatic carbocycles. The summed E-state index contributed by atoms with van der Waals surface area (Å²) in [7, 11) is 0. The molecule has 10 atom stereocenters. The van der Waals surface area contributed by atoms with Crippen LogP contribution in [0, 0.1) is 69.0 Å². The van der Waals surface area contributed by atoms with Gasteiger partial charge in [0.15, 0.2) is 0 Å². The molecule has 1 N–H and O–H groups in total. The predicted octanol–water partition coefficient (Wildman–Crippen LogP) is 7.64. The van der Waals surface area contributed by atoms with E-state index in [0.717, 1.165) is 18.3 Å². The van der Waals surface area contributed by atoms with E-state index in [-0.39, 0.29) is 16.9 Å². The first-order valence-corrected chi connectivity index (χ1v) is 13.7. The maximum atomic E-state index is 10.9. The van der Waals surface area contributed by atoms with Gasteiger partial charge in [-0.3, -0.25) is 0 Å². The Morgan fingerprint density at radius 2 is 1.56 bits per heavy atom. The van der Waals surface area contributed by atoms with Crippen molar-refractivity contribution in [1.82, 2.24) is 0 Å².